The highest BCUT2D eigenvalue weighted by Gasteiger charge is 2.27. The maximum absolute atomic E-state index is 5.39. The quantitative estimate of drug-likeness (QED) is 0.308. The minimum absolute atomic E-state index is 0.780. The zero-order chi connectivity index (χ0) is 30.3. The van der Waals surface area contributed by atoms with Gasteiger partial charge in [-0.3, -0.25) is 0 Å². The van der Waals surface area contributed by atoms with Gasteiger partial charge in [-0.15, -0.1) is 0 Å². The molecule has 0 N–H and O–H groups in total. The summed E-state index contributed by atoms with van der Waals surface area (Å²) >= 11 is 0. The maximum Gasteiger partial charge on any atom is 0.1000 e. The normalized spacial score (nSPS) is 20.7. The summed E-state index contributed by atoms with van der Waals surface area (Å²) in [6, 6.07) is 0. The van der Waals surface area contributed by atoms with Crippen molar-refractivity contribution in [3.05, 3.63) is 90.1 Å². The van der Waals surface area contributed by atoms with Crippen molar-refractivity contribution in [2.45, 2.75) is 120 Å². The fourth-order valence-electron chi connectivity index (χ4n) is 7.98. The Morgan fingerprint density at radius 2 is 1.10 bits per heavy atom. The fourth-order valence-corrected chi connectivity index (χ4v) is 7.98. The molecule has 0 aromatic carbocycles. The van der Waals surface area contributed by atoms with Crippen molar-refractivity contribution in [3.63, 3.8) is 0 Å². The zero-order valence-electron chi connectivity index (χ0n) is 27.7. The number of rotatable bonds is 8. The molecule has 2 aromatic rings. The molecule has 3 nitrogen and oxygen atoms in total. The van der Waals surface area contributed by atoms with Crippen LogP contribution in [0.25, 0.3) is 24.3 Å². The first-order chi connectivity index (χ1) is 20.3. The topological polar surface area (TPSA) is 22.2 Å². The fraction of sp³-hybridized carbons (Fsp3) is 0.462. The van der Waals surface area contributed by atoms with Gasteiger partial charge in [0, 0.05) is 22.1 Å². The molecule has 5 rings (SSSR count). The van der Waals surface area contributed by atoms with Gasteiger partial charge in [0.25, 0.3) is 0 Å². The first-order valence-electron chi connectivity index (χ1n) is 16.6. The molecule has 3 heteroatoms. The Balaban J connectivity index is 2.10. The lowest BCUT2D eigenvalue weighted by Crippen LogP contribution is -2.33. The monoisotopic (exact) mass is 561 g/mol. The van der Waals surface area contributed by atoms with E-state index in [2.05, 4.69) is 95.8 Å². The molecule has 5 heterocycles. The van der Waals surface area contributed by atoms with Crippen molar-refractivity contribution in [1.82, 2.24) is 9.13 Å². The molecule has 0 radical (unpaired) electrons. The lowest BCUT2D eigenvalue weighted by Gasteiger charge is -2.16. The van der Waals surface area contributed by atoms with Crippen LogP contribution >= 0.6 is 0 Å². The van der Waals surface area contributed by atoms with E-state index in [0.717, 1.165) is 75.0 Å². The number of hydrogen-bond donors (Lipinski definition) is 0. The molecule has 222 valence electrons. The first kappa shape index (κ1) is 30.1. The van der Waals surface area contributed by atoms with Gasteiger partial charge in [-0.05, 0) is 138 Å². The lowest BCUT2D eigenvalue weighted by atomic mass is 9.90. The SMILES string of the molecule is C=C1/C=c2/c(CC)c(CC)/c3n2Cn2c(c(CC)c(CC)c2/C=C(\C)C(CC)=C1CC)/C=C1N=C(/C=3)C(CC)=C\1CC. The summed E-state index contributed by atoms with van der Waals surface area (Å²) in [5.41, 5.74) is 19.0. The summed E-state index contributed by atoms with van der Waals surface area (Å²) in [5, 5.41) is 2.63. The first-order valence-corrected chi connectivity index (χ1v) is 16.6. The van der Waals surface area contributed by atoms with Crippen LogP contribution in [0.1, 0.15) is 122 Å². The van der Waals surface area contributed by atoms with Crippen molar-refractivity contribution < 1.29 is 0 Å². The van der Waals surface area contributed by atoms with Crippen molar-refractivity contribution in [2.75, 3.05) is 0 Å². The largest absolute Gasteiger partial charge is 0.322 e. The Morgan fingerprint density at radius 1 is 0.571 bits per heavy atom. The summed E-state index contributed by atoms with van der Waals surface area (Å²) in [6.07, 6.45) is 17.7. The number of aliphatic imine (C=N–C) groups is 1. The molecule has 0 aliphatic carbocycles. The summed E-state index contributed by atoms with van der Waals surface area (Å²) in [6.45, 7) is 26.2. The van der Waals surface area contributed by atoms with Crippen LogP contribution in [0.2, 0.25) is 0 Å². The third-order valence-electron chi connectivity index (χ3n) is 9.90. The van der Waals surface area contributed by atoms with Crippen molar-refractivity contribution in [3.8, 4) is 0 Å². The van der Waals surface area contributed by atoms with E-state index in [-0.39, 0.29) is 0 Å². The Bertz CT molecular complexity index is 1730. The summed E-state index contributed by atoms with van der Waals surface area (Å²) in [4.78, 5) is 5.39. The molecule has 0 spiro atoms. The molecule has 42 heavy (non-hydrogen) atoms. The van der Waals surface area contributed by atoms with Gasteiger partial charge in [0.1, 0.15) is 0 Å². The van der Waals surface area contributed by atoms with Gasteiger partial charge in [-0.1, -0.05) is 62.0 Å². The van der Waals surface area contributed by atoms with Crippen LogP contribution in [0.15, 0.2) is 50.7 Å². The number of aromatic nitrogens is 2. The highest BCUT2D eigenvalue weighted by atomic mass is 15.2. The average molecular weight is 562 g/mol. The van der Waals surface area contributed by atoms with Crippen molar-refractivity contribution in [1.29, 1.82) is 0 Å². The van der Waals surface area contributed by atoms with Crippen molar-refractivity contribution >= 4 is 30.0 Å². The van der Waals surface area contributed by atoms with E-state index in [4.69, 9.17) is 11.6 Å². The minimum Gasteiger partial charge on any atom is -0.322 e. The highest BCUT2D eigenvalue weighted by Crippen LogP contribution is 2.37. The Labute approximate surface area is 254 Å². The number of fused-ring (bicyclic) bond motifs is 1. The van der Waals surface area contributed by atoms with Gasteiger partial charge in [-0.2, -0.15) is 0 Å². The summed E-state index contributed by atoms with van der Waals surface area (Å²) in [5.74, 6) is 0. The van der Waals surface area contributed by atoms with E-state index < -0.39 is 0 Å². The Hall–Kier alpha value is -3.33. The molecule has 0 saturated heterocycles. The van der Waals surface area contributed by atoms with E-state index in [9.17, 15) is 0 Å². The molecule has 0 fully saturated rings. The molecule has 0 unspecified atom stereocenters. The van der Waals surface area contributed by atoms with Crippen LogP contribution in [0, 0.1) is 0 Å². The van der Waals surface area contributed by atoms with Crippen LogP contribution in [-0.2, 0) is 32.4 Å². The van der Waals surface area contributed by atoms with E-state index in [1.54, 1.807) is 0 Å². The lowest BCUT2D eigenvalue weighted by molar-refractivity contribution is 0.577. The van der Waals surface area contributed by atoms with Crippen LogP contribution in [0.4, 0.5) is 0 Å². The molecule has 0 atom stereocenters. The maximum atomic E-state index is 5.39. The van der Waals surface area contributed by atoms with Gasteiger partial charge in [0.05, 0.1) is 18.1 Å². The van der Waals surface area contributed by atoms with Crippen LogP contribution < -0.4 is 10.7 Å². The standard InChI is InChI=1S/C39H51N3/c1-11-26-24(9)19-36-30(15-5)32(17-7)38-21-34-28(13-3)29(14-4)35(40-34)22-39-33(18-8)31(16-6)37(42(39)23-41(36)38)20-25(10)27(26)12-2/h19-22H,9,11-18,23H2,1-8,10H3/b25-20+,27-26?,35-22-,36-19-,38-21+. The van der Waals surface area contributed by atoms with Gasteiger partial charge in [0.15, 0.2) is 0 Å². The predicted octanol–water partition coefficient (Wildman–Crippen LogP) is 8.62. The minimum atomic E-state index is 0.780. The molecule has 0 saturated carbocycles. The van der Waals surface area contributed by atoms with Crippen LogP contribution in [0.3, 0.4) is 0 Å². The predicted molar refractivity (Wildman–Crippen MR) is 183 cm³/mol. The molecule has 3 aliphatic rings. The third kappa shape index (κ3) is 4.60. The second-order valence-corrected chi connectivity index (χ2v) is 11.9. The molecule has 0 amide bonds. The Kier molecular flexibility index (Phi) is 8.69. The van der Waals surface area contributed by atoms with Crippen LogP contribution in [0.5, 0.6) is 0 Å². The average Bonchev–Trinajstić information content (AvgIpc) is 3.56. The second-order valence-electron chi connectivity index (χ2n) is 11.9. The number of nitrogens with zero attached hydrogens (tertiary/aromatic N) is 3. The van der Waals surface area contributed by atoms with Gasteiger partial charge >= 0.3 is 0 Å². The van der Waals surface area contributed by atoms with E-state index in [1.807, 2.05) is 0 Å². The van der Waals surface area contributed by atoms with E-state index in [1.165, 1.54) is 72.2 Å². The molecule has 4 bridgehead atoms. The number of hydrogen-bond acceptors (Lipinski definition) is 1. The van der Waals surface area contributed by atoms with E-state index >= 15 is 0 Å². The van der Waals surface area contributed by atoms with Gasteiger partial charge in [-0.25, -0.2) is 4.99 Å². The zero-order valence-corrected chi connectivity index (χ0v) is 27.7. The molecular formula is C39H51N3. The number of allylic oxidation sites excluding steroid dienone is 6. The molecule has 3 aliphatic heterocycles. The highest BCUT2D eigenvalue weighted by molar-refractivity contribution is 6.23. The van der Waals surface area contributed by atoms with Gasteiger partial charge in [0.2, 0.25) is 0 Å². The molecule has 2 aromatic heterocycles. The smallest absolute Gasteiger partial charge is 0.1000 e. The van der Waals surface area contributed by atoms with Crippen LogP contribution in [-0.4, -0.2) is 14.8 Å². The Morgan fingerprint density at radius 3 is 1.62 bits per heavy atom. The molecular weight excluding hydrogens is 510 g/mol. The van der Waals surface area contributed by atoms with E-state index in [0.29, 0.717) is 0 Å². The second kappa shape index (κ2) is 12.1. The third-order valence-corrected chi connectivity index (χ3v) is 9.90. The summed E-state index contributed by atoms with van der Waals surface area (Å²) < 4.78 is 5.22. The van der Waals surface area contributed by atoms with Crippen molar-refractivity contribution in [2.24, 2.45) is 4.99 Å². The van der Waals surface area contributed by atoms with Gasteiger partial charge < -0.3 is 9.13 Å². The summed E-state index contributed by atoms with van der Waals surface area (Å²) in [7, 11) is 0.